The Balaban J connectivity index is 1.91. The molecule has 0 radical (unpaired) electrons. The van der Waals surface area contributed by atoms with Gasteiger partial charge in [-0.3, -0.25) is 4.79 Å². The Kier molecular flexibility index (Phi) is 6.04. The van der Waals surface area contributed by atoms with Crippen LogP contribution in [-0.2, 0) is 6.54 Å². The quantitative estimate of drug-likeness (QED) is 0.632. The molecule has 0 atom stereocenters. The number of benzene rings is 2. The second kappa shape index (κ2) is 8.65. The first-order valence-corrected chi connectivity index (χ1v) is 9.45. The average molecular weight is 374 g/mol. The van der Waals surface area contributed by atoms with Gasteiger partial charge in [-0.15, -0.1) is 0 Å². The lowest BCUT2D eigenvalue weighted by Crippen LogP contribution is -2.37. The first-order valence-electron chi connectivity index (χ1n) is 9.45. The molecule has 1 amide bonds. The summed E-state index contributed by atoms with van der Waals surface area (Å²) in [5.41, 5.74) is 2.51. The molecule has 28 heavy (non-hydrogen) atoms. The molecule has 0 saturated carbocycles. The maximum absolute atomic E-state index is 13.3. The molecule has 0 fully saturated rings. The first kappa shape index (κ1) is 19.5. The molecular formula is C23H26N4O. The number of hydrogen-bond donors (Lipinski definition) is 0. The molecule has 3 rings (SSSR count). The Hall–Kier alpha value is -3.21. The molecular weight excluding hydrogens is 348 g/mol. The van der Waals surface area contributed by atoms with Gasteiger partial charge in [0.15, 0.2) is 0 Å². The largest absolute Gasteiger partial charge is 0.331 e. The number of carbonyl (C=O) groups is 1. The molecule has 2 aromatic carbocycles. The highest BCUT2D eigenvalue weighted by Gasteiger charge is 2.22. The molecule has 5 nitrogen and oxygen atoms in total. The summed E-state index contributed by atoms with van der Waals surface area (Å²) < 4.78 is 0. The van der Waals surface area contributed by atoms with Crippen LogP contribution in [0.15, 0.2) is 66.7 Å². The van der Waals surface area contributed by atoms with E-state index in [1.807, 2.05) is 98.3 Å². The lowest BCUT2D eigenvalue weighted by Gasteiger charge is -2.27. The van der Waals surface area contributed by atoms with E-state index in [0.717, 1.165) is 11.3 Å². The zero-order chi connectivity index (χ0) is 20.1. The highest BCUT2D eigenvalue weighted by Crippen LogP contribution is 2.23. The Morgan fingerprint density at radius 3 is 2.18 bits per heavy atom. The van der Waals surface area contributed by atoms with Crippen LogP contribution in [0.1, 0.15) is 35.7 Å². The fourth-order valence-corrected chi connectivity index (χ4v) is 3.03. The minimum absolute atomic E-state index is 0.0540. The van der Waals surface area contributed by atoms with Gasteiger partial charge in [0, 0.05) is 31.4 Å². The molecule has 0 spiro atoms. The third kappa shape index (κ3) is 4.55. The number of aryl methyl sites for hydroxylation is 1. The summed E-state index contributed by atoms with van der Waals surface area (Å²) in [5, 5.41) is 0. The summed E-state index contributed by atoms with van der Waals surface area (Å²) in [7, 11) is 1.94. The van der Waals surface area contributed by atoms with Gasteiger partial charge >= 0.3 is 0 Å². The van der Waals surface area contributed by atoms with Gasteiger partial charge < -0.3 is 9.80 Å². The molecule has 3 aromatic rings. The molecule has 0 aliphatic heterocycles. The number of nitrogens with zero attached hydrogens (tertiary/aromatic N) is 4. The van der Waals surface area contributed by atoms with Crippen LogP contribution in [0.2, 0.25) is 0 Å². The third-order valence-electron chi connectivity index (χ3n) is 4.61. The predicted octanol–water partition coefficient (Wildman–Crippen LogP) is 4.60. The third-order valence-corrected chi connectivity index (χ3v) is 4.61. The number of aromatic nitrogens is 2. The van der Waals surface area contributed by atoms with Crippen LogP contribution >= 0.6 is 0 Å². The van der Waals surface area contributed by atoms with Crippen molar-refractivity contribution in [3.63, 3.8) is 0 Å². The van der Waals surface area contributed by atoms with E-state index in [9.17, 15) is 4.79 Å². The Morgan fingerprint density at radius 1 is 0.964 bits per heavy atom. The van der Waals surface area contributed by atoms with Gasteiger partial charge in [-0.05, 0) is 38.5 Å². The first-order chi connectivity index (χ1) is 13.5. The normalized spacial score (nSPS) is 10.8. The lowest BCUT2D eigenvalue weighted by atomic mass is 10.1. The maximum Gasteiger partial charge on any atom is 0.273 e. The Labute approximate surface area is 166 Å². The van der Waals surface area contributed by atoms with Gasteiger partial charge in [0.1, 0.15) is 17.3 Å². The molecule has 0 saturated heterocycles. The molecule has 1 aromatic heterocycles. The monoisotopic (exact) mass is 374 g/mol. The van der Waals surface area contributed by atoms with Gasteiger partial charge in [-0.2, -0.15) is 0 Å². The smallest absolute Gasteiger partial charge is 0.273 e. The fraction of sp³-hybridized carbons (Fsp3) is 0.261. The summed E-state index contributed by atoms with van der Waals surface area (Å²) in [6.07, 6.45) is 0. The minimum atomic E-state index is -0.0907. The van der Waals surface area contributed by atoms with Crippen molar-refractivity contribution in [2.24, 2.45) is 0 Å². The van der Waals surface area contributed by atoms with E-state index in [-0.39, 0.29) is 11.9 Å². The van der Waals surface area contributed by atoms with E-state index >= 15 is 0 Å². The second-order valence-electron chi connectivity index (χ2n) is 7.07. The summed E-state index contributed by atoms with van der Waals surface area (Å²) in [5.74, 6) is 1.18. The number of amides is 1. The fourth-order valence-electron chi connectivity index (χ4n) is 3.03. The second-order valence-corrected chi connectivity index (χ2v) is 7.07. The van der Waals surface area contributed by atoms with Crippen LogP contribution in [0.3, 0.4) is 0 Å². The van der Waals surface area contributed by atoms with Crippen LogP contribution < -0.4 is 4.90 Å². The summed E-state index contributed by atoms with van der Waals surface area (Å²) in [6, 6.07) is 21.8. The highest BCUT2D eigenvalue weighted by atomic mass is 16.2. The van der Waals surface area contributed by atoms with E-state index in [0.29, 0.717) is 23.9 Å². The van der Waals surface area contributed by atoms with Crippen LogP contribution in [0.5, 0.6) is 0 Å². The Morgan fingerprint density at radius 2 is 1.57 bits per heavy atom. The van der Waals surface area contributed by atoms with Gasteiger partial charge in [0.05, 0.1) is 0 Å². The van der Waals surface area contributed by atoms with Crippen LogP contribution in [-0.4, -0.2) is 33.9 Å². The van der Waals surface area contributed by atoms with E-state index < -0.39 is 0 Å². The average Bonchev–Trinajstić information content (AvgIpc) is 2.71. The Bertz CT molecular complexity index is 926. The number of carbonyl (C=O) groups excluding carboxylic acids is 1. The van der Waals surface area contributed by atoms with Crippen molar-refractivity contribution in [1.82, 2.24) is 14.9 Å². The molecule has 0 bridgehead atoms. The highest BCUT2D eigenvalue weighted by molar-refractivity contribution is 5.93. The molecule has 5 heteroatoms. The van der Waals surface area contributed by atoms with Crippen molar-refractivity contribution in [2.45, 2.75) is 33.4 Å². The van der Waals surface area contributed by atoms with Crippen molar-refractivity contribution in [3.05, 3.63) is 83.8 Å². The van der Waals surface area contributed by atoms with E-state index in [4.69, 9.17) is 0 Å². The van der Waals surface area contributed by atoms with Gasteiger partial charge in [0.2, 0.25) is 0 Å². The number of anilines is 2. The maximum atomic E-state index is 13.3. The SMILES string of the molecule is Cc1nc(C(=O)N(Cc2ccccc2)C(C)C)cc(N(C)c2ccccc2)n1. The predicted molar refractivity (Wildman–Crippen MR) is 113 cm³/mol. The van der Waals surface area contributed by atoms with Crippen molar-refractivity contribution in [1.29, 1.82) is 0 Å². The van der Waals surface area contributed by atoms with Crippen LogP contribution in [0.4, 0.5) is 11.5 Å². The van der Waals surface area contributed by atoms with Crippen molar-refractivity contribution >= 4 is 17.4 Å². The zero-order valence-electron chi connectivity index (χ0n) is 16.8. The van der Waals surface area contributed by atoms with E-state index in [2.05, 4.69) is 9.97 Å². The summed E-state index contributed by atoms with van der Waals surface area (Å²) in [6.45, 7) is 6.40. The standard InChI is InChI=1S/C23H26N4O/c1-17(2)27(16-19-11-7-5-8-12-19)23(28)21-15-22(25-18(3)24-21)26(4)20-13-9-6-10-14-20/h5-15,17H,16H2,1-4H3. The van der Waals surface area contributed by atoms with Gasteiger partial charge in [-0.1, -0.05) is 48.5 Å². The lowest BCUT2D eigenvalue weighted by molar-refractivity contribution is 0.0684. The summed E-state index contributed by atoms with van der Waals surface area (Å²) in [4.78, 5) is 26.0. The van der Waals surface area contributed by atoms with Crippen LogP contribution in [0, 0.1) is 6.92 Å². The van der Waals surface area contributed by atoms with Gasteiger partial charge in [0.25, 0.3) is 5.91 Å². The molecule has 0 aliphatic rings. The van der Waals surface area contributed by atoms with Crippen molar-refractivity contribution < 1.29 is 4.79 Å². The number of hydrogen-bond acceptors (Lipinski definition) is 4. The zero-order valence-corrected chi connectivity index (χ0v) is 16.8. The molecule has 1 heterocycles. The number of rotatable bonds is 6. The van der Waals surface area contributed by atoms with E-state index in [1.165, 1.54) is 0 Å². The number of para-hydroxylation sites is 1. The van der Waals surface area contributed by atoms with Crippen molar-refractivity contribution in [3.8, 4) is 0 Å². The van der Waals surface area contributed by atoms with Gasteiger partial charge in [-0.25, -0.2) is 9.97 Å². The van der Waals surface area contributed by atoms with Crippen molar-refractivity contribution in [2.75, 3.05) is 11.9 Å². The topological polar surface area (TPSA) is 49.3 Å². The van der Waals surface area contributed by atoms with E-state index in [1.54, 1.807) is 6.07 Å². The molecule has 0 N–H and O–H groups in total. The molecule has 0 aliphatic carbocycles. The minimum Gasteiger partial charge on any atom is -0.331 e. The van der Waals surface area contributed by atoms with Crippen LogP contribution in [0.25, 0.3) is 0 Å². The summed E-state index contributed by atoms with van der Waals surface area (Å²) >= 11 is 0. The molecule has 144 valence electrons. The molecule has 0 unspecified atom stereocenters.